The maximum Gasteiger partial charge on any atom is 0.0640 e. The first kappa shape index (κ1) is 38.0. The third-order valence-electron chi connectivity index (χ3n) is 12.3. The number of thiophene rings is 2. The molecule has 0 bridgehead atoms. The zero-order chi connectivity index (χ0) is 42.4. The van der Waals surface area contributed by atoms with Crippen LogP contribution in [0.5, 0.6) is 0 Å². The summed E-state index contributed by atoms with van der Waals surface area (Å²) in [5.41, 5.74) is 13.9. The Morgan fingerprint density at radius 1 is 0.250 bits per heavy atom. The van der Waals surface area contributed by atoms with Gasteiger partial charge in [0.15, 0.2) is 0 Å². The van der Waals surface area contributed by atoms with Gasteiger partial charge in [-0.1, -0.05) is 170 Å². The Bertz CT molecular complexity index is 3400. The van der Waals surface area contributed by atoms with Gasteiger partial charge in [0.05, 0.1) is 20.8 Å². The molecule has 4 heteroatoms. The molecule has 2 nitrogen and oxygen atoms in total. The number of nitrogens with zero attached hydrogens (tertiary/aromatic N) is 2. The molecular weight excluding hydrogens is 813 g/mol. The molecule has 2 heterocycles. The number of fused-ring (bicyclic) bond motifs is 6. The largest absolute Gasteiger partial charge is 0.309 e. The molecule has 302 valence electrons. The van der Waals surface area contributed by atoms with E-state index in [1.807, 2.05) is 22.7 Å². The van der Waals surface area contributed by atoms with Gasteiger partial charge >= 0.3 is 0 Å². The fraction of sp³-hybridized carbons (Fsp3) is 0. The summed E-state index contributed by atoms with van der Waals surface area (Å²) < 4.78 is 5.15. The van der Waals surface area contributed by atoms with E-state index in [0.717, 1.165) is 33.9 Å². The monoisotopic (exact) mass is 852 g/mol. The van der Waals surface area contributed by atoms with Crippen LogP contribution in [-0.4, -0.2) is 0 Å². The van der Waals surface area contributed by atoms with Crippen LogP contribution < -0.4 is 9.80 Å². The summed E-state index contributed by atoms with van der Waals surface area (Å²) in [6.07, 6.45) is 0. The molecule has 10 aromatic carbocycles. The zero-order valence-corrected chi connectivity index (χ0v) is 36.4. The van der Waals surface area contributed by atoms with Crippen LogP contribution in [0.25, 0.3) is 73.7 Å². The SMILES string of the molecule is c1ccc(N(c2cccc(-c3ccccc3-c3ccccc3-c3cccc(N(c4ccccc4)c4cccc5c4sc4ccccc45)c3)c2)c2cccc3c2sc2ccccc23)cc1. The Kier molecular flexibility index (Phi) is 9.59. The van der Waals surface area contributed by atoms with Gasteiger partial charge < -0.3 is 9.80 Å². The van der Waals surface area contributed by atoms with Crippen molar-refractivity contribution in [2.75, 3.05) is 9.80 Å². The zero-order valence-electron chi connectivity index (χ0n) is 34.8. The van der Waals surface area contributed by atoms with Crippen LogP contribution in [0.15, 0.2) is 243 Å². The van der Waals surface area contributed by atoms with E-state index in [0.29, 0.717) is 0 Å². The highest BCUT2D eigenvalue weighted by molar-refractivity contribution is 7.26. The topological polar surface area (TPSA) is 6.48 Å². The van der Waals surface area contributed by atoms with Crippen LogP contribution in [0.2, 0.25) is 0 Å². The van der Waals surface area contributed by atoms with Gasteiger partial charge in [-0.2, -0.15) is 0 Å². The average molecular weight is 853 g/mol. The molecule has 0 aliphatic carbocycles. The fourth-order valence-electron chi connectivity index (χ4n) is 9.39. The Morgan fingerprint density at radius 2 is 0.594 bits per heavy atom. The molecular formula is C60H40N2S2. The first-order valence-electron chi connectivity index (χ1n) is 21.7. The van der Waals surface area contributed by atoms with Crippen molar-refractivity contribution in [1.82, 2.24) is 0 Å². The van der Waals surface area contributed by atoms with Gasteiger partial charge in [0.1, 0.15) is 0 Å². The van der Waals surface area contributed by atoms with Crippen molar-refractivity contribution in [2.24, 2.45) is 0 Å². The van der Waals surface area contributed by atoms with Crippen LogP contribution in [0.1, 0.15) is 0 Å². The minimum atomic E-state index is 1.11. The summed E-state index contributed by atoms with van der Waals surface area (Å²) in [7, 11) is 0. The van der Waals surface area contributed by atoms with Gasteiger partial charge in [0.2, 0.25) is 0 Å². The highest BCUT2D eigenvalue weighted by Gasteiger charge is 2.21. The lowest BCUT2D eigenvalue weighted by Gasteiger charge is -2.27. The normalized spacial score (nSPS) is 11.4. The van der Waals surface area contributed by atoms with Crippen LogP contribution in [-0.2, 0) is 0 Å². The van der Waals surface area contributed by atoms with E-state index >= 15 is 0 Å². The standard InChI is InChI=1S/C60H40N2S2/c1-3-21-43(22-4-1)61(55-35-17-33-53-51-31-11-13-37-57(51)63-59(53)55)45-25-15-19-41(39-45)47-27-7-9-29-49(47)50-30-10-8-28-48(50)42-20-16-26-46(40-42)62(44-23-5-2-6-24-44)56-36-18-34-54-52-32-12-14-38-58(52)64-60(54)56/h1-40H. The van der Waals surface area contributed by atoms with Crippen LogP contribution in [0.3, 0.4) is 0 Å². The van der Waals surface area contributed by atoms with Crippen molar-refractivity contribution < 1.29 is 0 Å². The number of rotatable bonds is 9. The predicted molar refractivity (Wildman–Crippen MR) is 278 cm³/mol. The third-order valence-corrected chi connectivity index (χ3v) is 14.7. The Labute approximate surface area is 380 Å². The van der Waals surface area contributed by atoms with Crippen LogP contribution in [0.4, 0.5) is 34.1 Å². The smallest absolute Gasteiger partial charge is 0.0640 e. The molecule has 12 rings (SSSR count). The summed E-state index contributed by atoms with van der Waals surface area (Å²) in [5.74, 6) is 0. The summed E-state index contributed by atoms with van der Waals surface area (Å²) in [6.45, 7) is 0. The molecule has 0 spiro atoms. The molecule has 0 aliphatic heterocycles. The van der Waals surface area contributed by atoms with Crippen molar-refractivity contribution in [2.45, 2.75) is 0 Å². The Hall–Kier alpha value is -7.76. The molecule has 0 amide bonds. The van der Waals surface area contributed by atoms with E-state index in [1.54, 1.807) is 0 Å². The van der Waals surface area contributed by atoms with E-state index in [4.69, 9.17) is 0 Å². The molecule has 0 fully saturated rings. The molecule has 64 heavy (non-hydrogen) atoms. The summed E-state index contributed by atoms with van der Waals surface area (Å²) >= 11 is 3.73. The molecule has 0 radical (unpaired) electrons. The quantitative estimate of drug-likeness (QED) is 0.143. The van der Waals surface area contributed by atoms with Gasteiger partial charge in [0.25, 0.3) is 0 Å². The van der Waals surface area contributed by atoms with Crippen molar-refractivity contribution in [3.63, 3.8) is 0 Å². The highest BCUT2D eigenvalue weighted by Crippen LogP contribution is 2.48. The van der Waals surface area contributed by atoms with Gasteiger partial charge in [-0.05, 0) is 106 Å². The number of anilines is 6. The lowest BCUT2D eigenvalue weighted by molar-refractivity contribution is 1.30. The molecule has 2 aromatic heterocycles. The first-order chi connectivity index (χ1) is 31.8. The van der Waals surface area contributed by atoms with E-state index < -0.39 is 0 Å². The summed E-state index contributed by atoms with van der Waals surface area (Å²) in [5, 5.41) is 5.16. The van der Waals surface area contributed by atoms with Gasteiger partial charge in [-0.15, -0.1) is 22.7 Å². The third kappa shape index (κ3) is 6.63. The maximum absolute atomic E-state index is 2.42. The average Bonchev–Trinajstić information content (AvgIpc) is 3.95. The lowest BCUT2D eigenvalue weighted by atomic mass is 9.89. The van der Waals surface area contributed by atoms with Crippen molar-refractivity contribution >= 4 is 97.1 Å². The number of para-hydroxylation sites is 2. The fourth-order valence-corrected chi connectivity index (χ4v) is 11.8. The molecule has 0 N–H and O–H groups in total. The number of benzene rings is 10. The van der Waals surface area contributed by atoms with Gasteiger partial charge in [0, 0.05) is 53.7 Å². The van der Waals surface area contributed by atoms with E-state index in [1.165, 1.54) is 74.0 Å². The van der Waals surface area contributed by atoms with Crippen molar-refractivity contribution in [3.8, 4) is 33.4 Å². The molecule has 12 aromatic rings. The lowest BCUT2D eigenvalue weighted by Crippen LogP contribution is -2.10. The van der Waals surface area contributed by atoms with Crippen molar-refractivity contribution in [3.05, 3.63) is 243 Å². The second-order valence-corrected chi connectivity index (χ2v) is 18.1. The number of hydrogen-bond donors (Lipinski definition) is 0. The minimum absolute atomic E-state index is 1.11. The van der Waals surface area contributed by atoms with Gasteiger partial charge in [-0.25, -0.2) is 0 Å². The van der Waals surface area contributed by atoms with Gasteiger partial charge in [-0.3, -0.25) is 0 Å². The summed E-state index contributed by atoms with van der Waals surface area (Å²) in [4.78, 5) is 4.84. The number of hydrogen-bond acceptors (Lipinski definition) is 4. The Balaban J connectivity index is 0.977. The second-order valence-electron chi connectivity index (χ2n) is 16.0. The van der Waals surface area contributed by atoms with Crippen LogP contribution in [0, 0.1) is 0 Å². The minimum Gasteiger partial charge on any atom is -0.309 e. The predicted octanol–water partition coefficient (Wildman–Crippen LogP) is 18.4. The first-order valence-corrected chi connectivity index (χ1v) is 23.3. The summed E-state index contributed by atoms with van der Waals surface area (Å²) in [6, 6.07) is 88.3. The van der Waals surface area contributed by atoms with E-state index in [2.05, 4.69) is 252 Å². The van der Waals surface area contributed by atoms with Crippen LogP contribution >= 0.6 is 22.7 Å². The highest BCUT2D eigenvalue weighted by atomic mass is 32.1. The molecule has 0 aliphatic rings. The molecule has 0 unspecified atom stereocenters. The maximum atomic E-state index is 2.42. The van der Waals surface area contributed by atoms with Crippen molar-refractivity contribution in [1.29, 1.82) is 0 Å². The van der Waals surface area contributed by atoms with E-state index in [-0.39, 0.29) is 0 Å². The Morgan fingerprint density at radius 3 is 1.05 bits per heavy atom. The molecule has 0 atom stereocenters. The second kappa shape index (κ2) is 16.2. The van der Waals surface area contributed by atoms with E-state index in [9.17, 15) is 0 Å². The molecule has 0 saturated heterocycles. The molecule has 0 saturated carbocycles.